The Morgan fingerprint density at radius 3 is 2.67 bits per heavy atom. The lowest BCUT2D eigenvalue weighted by atomic mass is 10.2. The fraction of sp³-hybridized carbons (Fsp3) is 0.333. The van der Waals surface area contributed by atoms with Crippen molar-refractivity contribution in [3.63, 3.8) is 0 Å². The quantitative estimate of drug-likeness (QED) is 0.840. The number of carbonyl (C=O) groups excluding carboxylic acids is 1. The number of nitrogens with zero attached hydrogens (tertiary/aromatic N) is 3. The van der Waals surface area contributed by atoms with Crippen LogP contribution in [0.5, 0.6) is 0 Å². The summed E-state index contributed by atoms with van der Waals surface area (Å²) < 4.78 is 1.63. The molecule has 3 rings (SSSR count). The first-order chi connectivity index (χ1) is 10.2. The number of rotatable bonds is 3. The third kappa shape index (κ3) is 3.05. The molecule has 0 saturated carbocycles. The van der Waals surface area contributed by atoms with Crippen molar-refractivity contribution in [3.8, 4) is 5.69 Å². The van der Waals surface area contributed by atoms with Crippen molar-refractivity contribution in [2.24, 2.45) is 0 Å². The average molecular weight is 285 g/mol. The van der Waals surface area contributed by atoms with Crippen LogP contribution in [0.2, 0.25) is 0 Å². The number of piperidine rings is 1. The second kappa shape index (κ2) is 5.97. The van der Waals surface area contributed by atoms with Gasteiger partial charge in [0.1, 0.15) is 0 Å². The molecule has 1 amide bonds. The maximum absolute atomic E-state index is 12.2. The molecule has 6 heteroatoms. The number of hydrazine groups is 1. The highest BCUT2D eigenvalue weighted by Crippen LogP contribution is 2.15. The number of nitrogens with one attached hydrogen (secondary N) is 1. The van der Waals surface area contributed by atoms with Crippen LogP contribution in [0.1, 0.15) is 29.8 Å². The van der Waals surface area contributed by atoms with Gasteiger partial charge < -0.3 is 5.73 Å². The second-order valence-corrected chi connectivity index (χ2v) is 5.19. The maximum Gasteiger partial charge on any atom is 0.286 e. The Labute approximate surface area is 123 Å². The Morgan fingerprint density at radius 1 is 1.14 bits per heavy atom. The van der Waals surface area contributed by atoms with E-state index in [1.807, 2.05) is 29.3 Å². The molecule has 6 nitrogen and oxygen atoms in total. The van der Waals surface area contributed by atoms with Gasteiger partial charge in [0.2, 0.25) is 0 Å². The molecule has 0 unspecified atom stereocenters. The summed E-state index contributed by atoms with van der Waals surface area (Å²) in [5, 5.41) is 6.26. The zero-order valence-corrected chi connectivity index (χ0v) is 11.8. The van der Waals surface area contributed by atoms with Crippen LogP contribution in [-0.4, -0.2) is 33.8 Å². The molecule has 1 aliphatic heterocycles. The first kappa shape index (κ1) is 13.6. The fourth-order valence-electron chi connectivity index (χ4n) is 2.48. The highest BCUT2D eigenvalue weighted by atomic mass is 16.2. The average Bonchev–Trinajstić information content (AvgIpc) is 2.98. The Balaban J connectivity index is 1.72. The van der Waals surface area contributed by atoms with Crippen molar-refractivity contribution in [1.82, 2.24) is 20.2 Å². The van der Waals surface area contributed by atoms with Crippen molar-refractivity contribution < 1.29 is 4.79 Å². The van der Waals surface area contributed by atoms with Crippen LogP contribution in [0.15, 0.2) is 36.5 Å². The van der Waals surface area contributed by atoms with E-state index in [1.165, 1.54) is 6.42 Å². The SMILES string of the molecule is Nc1ccccc1-n1ccc(C(=O)NN2CCCCC2)n1. The smallest absolute Gasteiger partial charge is 0.286 e. The Bertz CT molecular complexity index is 630. The molecule has 0 atom stereocenters. The van der Waals surface area contributed by atoms with Gasteiger partial charge in [-0.2, -0.15) is 5.10 Å². The molecule has 0 bridgehead atoms. The second-order valence-electron chi connectivity index (χ2n) is 5.19. The third-order valence-electron chi connectivity index (χ3n) is 3.62. The van der Waals surface area contributed by atoms with Gasteiger partial charge in [-0.15, -0.1) is 0 Å². The predicted molar refractivity (Wildman–Crippen MR) is 80.9 cm³/mol. The van der Waals surface area contributed by atoms with Gasteiger partial charge in [0.25, 0.3) is 5.91 Å². The van der Waals surface area contributed by atoms with Crippen molar-refractivity contribution in [2.75, 3.05) is 18.8 Å². The fourth-order valence-corrected chi connectivity index (χ4v) is 2.48. The minimum absolute atomic E-state index is 0.176. The minimum atomic E-state index is -0.176. The molecule has 3 N–H and O–H groups in total. The molecule has 110 valence electrons. The summed E-state index contributed by atoms with van der Waals surface area (Å²) in [6, 6.07) is 9.14. The van der Waals surface area contributed by atoms with Crippen LogP contribution in [-0.2, 0) is 0 Å². The van der Waals surface area contributed by atoms with E-state index in [-0.39, 0.29) is 5.91 Å². The van der Waals surface area contributed by atoms with Gasteiger partial charge in [-0.05, 0) is 31.0 Å². The lowest BCUT2D eigenvalue weighted by Crippen LogP contribution is -2.45. The number of carbonyl (C=O) groups is 1. The number of amides is 1. The summed E-state index contributed by atoms with van der Waals surface area (Å²) in [6.07, 6.45) is 5.22. The zero-order valence-electron chi connectivity index (χ0n) is 11.8. The molecule has 1 aromatic heterocycles. The molecular formula is C15H19N5O. The van der Waals surface area contributed by atoms with Gasteiger partial charge in [0.05, 0.1) is 11.4 Å². The van der Waals surface area contributed by atoms with Crippen LogP contribution in [0.3, 0.4) is 0 Å². The van der Waals surface area contributed by atoms with Crippen LogP contribution >= 0.6 is 0 Å². The number of aromatic nitrogens is 2. The van der Waals surface area contributed by atoms with Gasteiger partial charge in [-0.3, -0.25) is 10.2 Å². The number of hydrogen-bond donors (Lipinski definition) is 2. The molecule has 21 heavy (non-hydrogen) atoms. The van der Waals surface area contributed by atoms with E-state index >= 15 is 0 Å². The van der Waals surface area contributed by atoms with Gasteiger partial charge in [0, 0.05) is 19.3 Å². The molecule has 2 aromatic rings. The molecular weight excluding hydrogens is 266 g/mol. The third-order valence-corrected chi connectivity index (χ3v) is 3.62. The first-order valence-electron chi connectivity index (χ1n) is 7.20. The van der Waals surface area contributed by atoms with Gasteiger partial charge in [-0.25, -0.2) is 9.69 Å². The highest BCUT2D eigenvalue weighted by molar-refractivity contribution is 5.91. The lowest BCUT2D eigenvalue weighted by Gasteiger charge is -2.26. The van der Waals surface area contributed by atoms with Crippen LogP contribution in [0.25, 0.3) is 5.69 Å². The summed E-state index contributed by atoms with van der Waals surface area (Å²) in [7, 11) is 0. The Hall–Kier alpha value is -2.34. The van der Waals surface area contributed by atoms with E-state index in [1.54, 1.807) is 16.9 Å². The van der Waals surface area contributed by atoms with E-state index in [0.29, 0.717) is 11.4 Å². The van der Waals surface area contributed by atoms with E-state index in [0.717, 1.165) is 31.6 Å². The summed E-state index contributed by atoms with van der Waals surface area (Å²) in [5.41, 5.74) is 10.6. The summed E-state index contributed by atoms with van der Waals surface area (Å²) >= 11 is 0. The number of anilines is 1. The van der Waals surface area contributed by atoms with Crippen molar-refractivity contribution in [2.45, 2.75) is 19.3 Å². The zero-order chi connectivity index (χ0) is 14.7. The molecule has 0 aliphatic carbocycles. The van der Waals surface area contributed by atoms with Crippen LogP contribution in [0, 0.1) is 0 Å². The summed E-state index contributed by atoms with van der Waals surface area (Å²) in [4.78, 5) is 12.2. The van der Waals surface area contributed by atoms with E-state index in [9.17, 15) is 4.79 Å². The largest absolute Gasteiger partial charge is 0.397 e. The monoisotopic (exact) mass is 285 g/mol. The number of nitrogen functional groups attached to an aromatic ring is 1. The lowest BCUT2D eigenvalue weighted by molar-refractivity contribution is 0.0744. The highest BCUT2D eigenvalue weighted by Gasteiger charge is 2.16. The van der Waals surface area contributed by atoms with Gasteiger partial charge in [0.15, 0.2) is 5.69 Å². The first-order valence-corrected chi connectivity index (χ1v) is 7.20. The number of nitrogens with two attached hydrogens (primary N) is 1. The molecule has 2 heterocycles. The predicted octanol–water partition coefficient (Wildman–Crippen LogP) is 1.59. The molecule has 1 aliphatic rings. The molecule has 0 radical (unpaired) electrons. The van der Waals surface area contributed by atoms with Crippen LogP contribution < -0.4 is 11.2 Å². The number of benzene rings is 1. The van der Waals surface area contributed by atoms with Crippen molar-refractivity contribution in [3.05, 3.63) is 42.2 Å². The molecule has 1 fully saturated rings. The topological polar surface area (TPSA) is 76.2 Å². The number of hydrogen-bond acceptors (Lipinski definition) is 4. The Kier molecular flexibility index (Phi) is 3.87. The van der Waals surface area contributed by atoms with Gasteiger partial charge >= 0.3 is 0 Å². The van der Waals surface area contributed by atoms with E-state index in [2.05, 4.69) is 10.5 Å². The summed E-state index contributed by atoms with van der Waals surface area (Å²) in [5.74, 6) is -0.176. The molecule has 0 spiro atoms. The van der Waals surface area contributed by atoms with Gasteiger partial charge in [-0.1, -0.05) is 18.6 Å². The normalized spacial score (nSPS) is 15.8. The van der Waals surface area contributed by atoms with Crippen LogP contribution in [0.4, 0.5) is 5.69 Å². The molecule has 1 aromatic carbocycles. The molecule has 1 saturated heterocycles. The Morgan fingerprint density at radius 2 is 1.90 bits per heavy atom. The van der Waals surface area contributed by atoms with Crippen molar-refractivity contribution >= 4 is 11.6 Å². The summed E-state index contributed by atoms with van der Waals surface area (Å²) in [6.45, 7) is 1.80. The maximum atomic E-state index is 12.2. The van der Waals surface area contributed by atoms with E-state index < -0.39 is 0 Å². The number of para-hydroxylation sites is 2. The standard InChI is InChI=1S/C15H19N5O/c16-12-6-2-3-7-14(12)20-11-8-13(17-20)15(21)18-19-9-4-1-5-10-19/h2-3,6-8,11H,1,4-5,9-10,16H2,(H,18,21). The minimum Gasteiger partial charge on any atom is -0.397 e. The van der Waals surface area contributed by atoms with E-state index in [4.69, 9.17) is 5.73 Å². The van der Waals surface area contributed by atoms with Crippen molar-refractivity contribution in [1.29, 1.82) is 0 Å².